The van der Waals surface area contributed by atoms with Crippen LogP contribution in [0.3, 0.4) is 0 Å². The van der Waals surface area contributed by atoms with Crippen LogP contribution in [0.25, 0.3) is 0 Å². The molecule has 0 spiro atoms. The van der Waals surface area contributed by atoms with Gasteiger partial charge in [0.15, 0.2) is 5.72 Å². The molecule has 1 aliphatic heterocycles. The van der Waals surface area contributed by atoms with E-state index in [1.165, 1.54) is 5.57 Å². The molecule has 122 valence electrons. The van der Waals surface area contributed by atoms with E-state index >= 15 is 0 Å². The van der Waals surface area contributed by atoms with Crippen molar-refractivity contribution < 1.29 is 9.47 Å². The van der Waals surface area contributed by atoms with Crippen LogP contribution in [-0.4, -0.2) is 25.5 Å². The molecule has 0 amide bonds. The molecular weight excluding hydrogens is 262 g/mol. The lowest BCUT2D eigenvalue weighted by Gasteiger charge is -2.33. The van der Waals surface area contributed by atoms with Gasteiger partial charge in [0.2, 0.25) is 0 Å². The summed E-state index contributed by atoms with van der Waals surface area (Å²) in [5.41, 5.74) is 0.967. The summed E-state index contributed by atoms with van der Waals surface area (Å²) in [6.45, 7) is 14.1. The summed E-state index contributed by atoms with van der Waals surface area (Å²) < 4.78 is 11.9. The Bertz CT molecular complexity index is 381. The average Bonchev–Trinajstić information content (AvgIpc) is 2.58. The smallest absolute Gasteiger partial charge is 0.161 e. The quantitative estimate of drug-likeness (QED) is 0.761. The van der Waals surface area contributed by atoms with Crippen molar-refractivity contribution in [2.45, 2.75) is 66.2 Å². The van der Waals surface area contributed by atoms with E-state index in [9.17, 15) is 0 Å². The lowest BCUT2D eigenvalue weighted by atomic mass is 9.99. The molecule has 0 bridgehead atoms. The minimum atomic E-state index is -0.362. The highest BCUT2D eigenvalue weighted by Crippen LogP contribution is 2.29. The number of methoxy groups -OCH3 is 1. The zero-order valence-corrected chi connectivity index (χ0v) is 14.8. The third-order valence-electron chi connectivity index (χ3n) is 3.90. The van der Waals surface area contributed by atoms with Crippen LogP contribution in [0.1, 0.15) is 54.4 Å². The SMILES string of the molecule is CCC(OC)C1=CC(C(C)C)=CC[C@](C)(NCC(C)C)O1. The van der Waals surface area contributed by atoms with E-state index in [1.807, 2.05) is 0 Å². The molecule has 3 heteroatoms. The number of rotatable bonds is 7. The second-order valence-corrected chi connectivity index (χ2v) is 6.85. The van der Waals surface area contributed by atoms with Gasteiger partial charge in [0.1, 0.15) is 11.9 Å². The second kappa shape index (κ2) is 8.00. The minimum Gasteiger partial charge on any atom is -0.474 e. The van der Waals surface area contributed by atoms with E-state index < -0.39 is 0 Å². The van der Waals surface area contributed by atoms with Crippen LogP contribution >= 0.6 is 0 Å². The van der Waals surface area contributed by atoms with E-state index in [0.29, 0.717) is 11.8 Å². The van der Waals surface area contributed by atoms with Gasteiger partial charge in [-0.2, -0.15) is 0 Å². The molecule has 21 heavy (non-hydrogen) atoms. The monoisotopic (exact) mass is 295 g/mol. The number of hydrogen-bond donors (Lipinski definition) is 1. The highest BCUT2D eigenvalue weighted by molar-refractivity contribution is 5.27. The first kappa shape index (κ1) is 18.2. The van der Waals surface area contributed by atoms with Gasteiger partial charge in [-0.3, -0.25) is 5.32 Å². The summed E-state index contributed by atoms with van der Waals surface area (Å²) in [7, 11) is 1.75. The molecule has 1 N–H and O–H groups in total. The normalized spacial score (nSPS) is 24.4. The summed E-state index contributed by atoms with van der Waals surface area (Å²) >= 11 is 0. The standard InChI is InChI=1S/C18H33NO2/c1-8-16(20-7)17-11-15(14(4)5)9-10-18(6,21-17)19-12-13(2)3/h9,11,13-14,16,19H,8,10,12H2,1-7H3/t16?,18-/m1/s1. The van der Waals surface area contributed by atoms with Crippen molar-refractivity contribution in [3.05, 3.63) is 23.5 Å². The van der Waals surface area contributed by atoms with Gasteiger partial charge >= 0.3 is 0 Å². The maximum atomic E-state index is 6.35. The largest absolute Gasteiger partial charge is 0.474 e. The summed E-state index contributed by atoms with van der Waals surface area (Å²) in [6.07, 6.45) is 6.27. The molecule has 3 nitrogen and oxygen atoms in total. The van der Waals surface area contributed by atoms with E-state index in [1.54, 1.807) is 7.11 Å². The van der Waals surface area contributed by atoms with Crippen LogP contribution in [-0.2, 0) is 9.47 Å². The molecule has 0 aromatic rings. The maximum Gasteiger partial charge on any atom is 0.161 e. The van der Waals surface area contributed by atoms with Crippen molar-refractivity contribution in [1.29, 1.82) is 0 Å². The second-order valence-electron chi connectivity index (χ2n) is 6.85. The Balaban J connectivity index is 3.01. The zero-order chi connectivity index (χ0) is 16.0. The van der Waals surface area contributed by atoms with Gasteiger partial charge in [-0.1, -0.05) is 40.7 Å². The predicted octanol–water partition coefficient (Wildman–Crippen LogP) is 4.26. The van der Waals surface area contributed by atoms with Gasteiger partial charge < -0.3 is 9.47 Å². The van der Waals surface area contributed by atoms with Crippen LogP contribution in [0.5, 0.6) is 0 Å². The van der Waals surface area contributed by atoms with Gasteiger partial charge in [0.25, 0.3) is 0 Å². The van der Waals surface area contributed by atoms with Crippen molar-refractivity contribution in [1.82, 2.24) is 5.32 Å². The van der Waals surface area contributed by atoms with Gasteiger partial charge in [0.05, 0.1) is 0 Å². The highest BCUT2D eigenvalue weighted by Gasteiger charge is 2.30. The van der Waals surface area contributed by atoms with E-state index in [0.717, 1.165) is 25.1 Å². The molecule has 0 fully saturated rings. The third-order valence-corrected chi connectivity index (χ3v) is 3.90. The molecule has 0 aromatic heterocycles. The molecule has 0 aliphatic carbocycles. The van der Waals surface area contributed by atoms with Gasteiger partial charge in [-0.15, -0.1) is 0 Å². The Labute approximate surface area is 130 Å². The first-order valence-corrected chi connectivity index (χ1v) is 8.19. The molecule has 2 atom stereocenters. The van der Waals surface area contributed by atoms with Crippen LogP contribution in [0.15, 0.2) is 23.5 Å². The number of nitrogens with one attached hydrogen (secondary N) is 1. The van der Waals surface area contributed by atoms with Gasteiger partial charge in [-0.05, 0) is 36.8 Å². The Kier molecular flexibility index (Phi) is 6.95. The Morgan fingerprint density at radius 1 is 1.33 bits per heavy atom. The topological polar surface area (TPSA) is 30.5 Å². The fraction of sp³-hybridized carbons (Fsp3) is 0.778. The number of hydrogen-bond acceptors (Lipinski definition) is 3. The summed E-state index contributed by atoms with van der Waals surface area (Å²) in [4.78, 5) is 0. The molecule has 1 aliphatic rings. The number of ether oxygens (including phenoxy) is 2. The minimum absolute atomic E-state index is 0.0189. The molecule has 0 radical (unpaired) electrons. The van der Waals surface area contributed by atoms with Crippen molar-refractivity contribution in [2.75, 3.05) is 13.7 Å². The fourth-order valence-corrected chi connectivity index (χ4v) is 2.44. The van der Waals surface area contributed by atoms with Crippen LogP contribution < -0.4 is 5.32 Å². The Morgan fingerprint density at radius 2 is 2.00 bits per heavy atom. The molecule has 1 heterocycles. The Morgan fingerprint density at radius 3 is 2.48 bits per heavy atom. The first-order chi connectivity index (χ1) is 9.81. The molecule has 0 saturated heterocycles. The summed E-state index contributed by atoms with van der Waals surface area (Å²) in [6, 6.07) is 0. The fourth-order valence-electron chi connectivity index (χ4n) is 2.44. The first-order valence-electron chi connectivity index (χ1n) is 8.19. The van der Waals surface area contributed by atoms with Gasteiger partial charge in [0, 0.05) is 20.1 Å². The maximum absolute atomic E-state index is 6.35. The zero-order valence-electron chi connectivity index (χ0n) is 14.8. The van der Waals surface area contributed by atoms with E-state index in [-0.39, 0.29) is 11.8 Å². The summed E-state index contributed by atoms with van der Waals surface area (Å²) in [5, 5.41) is 3.57. The molecule has 0 saturated carbocycles. The van der Waals surface area contributed by atoms with Crippen molar-refractivity contribution >= 4 is 0 Å². The number of allylic oxidation sites excluding steroid dienone is 2. The van der Waals surface area contributed by atoms with Gasteiger partial charge in [-0.25, -0.2) is 0 Å². The van der Waals surface area contributed by atoms with Crippen LogP contribution in [0.2, 0.25) is 0 Å². The molecule has 0 aromatic carbocycles. The third kappa shape index (κ3) is 5.48. The van der Waals surface area contributed by atoms with E-state index in [4.69, 9.17) is 9.47 Å². The van der Waals surface area contributed by atoms with Crippen molar-refractivity contribution in [3.63, 3.8) is 0 Å². The average molecular weight is 295 g/mol. The Hall–Kier alpha value is -0.800. The van der Waals surface area contributed by atoms with E-state index in [2.05, 4.69) is 59.0 Å². The lowest BCUT2D eigenvalue weighted by Crippen LogP contribution is -2.46. The molecular formula is C18H33NO2. The van der Waals surface area contributed by atoms with Crippen molar-refractivity contribution in [2.24, 2.45) is 11.8 Å². The predicted molar refractivity (Wildman–Crippen MR) is 89.0 cm³/mol. The summed E-state index contributed by atoms with van der Waals surface area (Å²) in [5.74, 6) is 2.03. The highest BCUT2D eigenvalue weighted by atomic mass is 16.6. The molecule has 1 unspecified atom stereocenters. The van der Waals surface area contributed by atoms with Crippen molar-refractivity contribution in [3.8, 4) is 0 Å². The molecule has 1 rings (SSSR count). The van der Waals surface area contributed by atoms with Crippen LogP contribution in [0.4, 0.5) is 0 Å². The lowest BCUT2D eigenvalue weighted by molar-refractivity contribution is -0.0468. The van der Waals surface area contributed by atoms with Crippen LogP contribution in [0, 0.1) is 11.8 Å².